The van der Waals surface area contributed by atoms with Crippen LogP contribution < -0.4 is 0 Å². The van der Waals surface area contributed by atoms with Crippen molar-refractivity contribution >= 4 is 39.5 Å². The summed E-state index contributed by atoms with van der Waals surface area (Å²) in [5, 5.41) is 10.7. The fourth-order valence-corrected chi connectivity index (χ4v) is 11.5. The third-order valence-electron chi connectivity index (χ3n) is 16.2. The maximum Gasteiger partial charge on any atom is 0.472 e. The van der Waals surface area contributed by atoms with Gasteiger partial charge < -0.3 is 33.8 Å². The van der Waals surface area contributed by atoms with Gasteiger partial charge in [0.2, 0.25) is 0 Å². The van der Waals surface area contributed by atoms with E-state index < -0.39 is 97.5 Å². The van der Waals surface area contributed by atoms with Gasteiger partial charge in [-0.05, 0) is 167 Å². The van der Waals surface area contributed by atoms with Crippen LogP contribution in [0.3, 0.4) is 0 Å². The van der Waals surface area contributed by atoms with E-state index in [2.05, 4.69) is 180 Å². The van der Waals surface area contributed by atoms with Crippen molar-refractivity contribution in [2.75, 3.05) is 39.6 Å². The van der Waals surface area contributed by atoms with Crippen molar-refractivity contribution < 1.29 is 80.2 Å². The summed E-state index contributed by atoms with van der Waals surface area (Å²) in [5.74, 6) is -2.50. The van der Waals surface area contributed by atoms with E-state index in [1.807, 2.05) is 54.7 Å². The van der Waals surface area contributed by atoms with E-state index >= 15 is 0 Å². The molecule has 0 bridgehead atoms. The summed E-state index contributed by atoms with van der Waals surface area (Å²) in [7, 11) is -10.1. The quantitative estimate of drug-likeness (QED) is 0.0169. The standard InChI is InChI=1S/C91H144O17P2/c1-5-9-13-17-21-25-29-33-36-39-42-45-48-52-56-60-64-68-72-76-89(94)102-82-87(108-91(96)78-74-70-66-62-58-54-50-47-44-41-38-35-31-27-23-19-15-11-7-3)84-106-110(99,100)104-80-85(92)79-103-109(97,98)105-83-86(81-101-88(93)75-71-67-63-59-55-51-32-28-24-20-16-12-8-4)107-90(95)77-73-69-65-61-57-53-49-46-43-40-37-34-30-26-22-18-14-10-6-2/h9,13,21-23,25-28,32-38,42-47,52-54,56-58,64-66,68-70,85-87,92H,5-8,10-12,14-20,24,29-31,39-41,48-51,55,59-63,67,71-84H2,1-4H3,(H,97,98)(H,99,100)/b13-9-,25-21-,26-22-,27-23-,32-28-,36-33-,37-34-,38-35-,45-42-,46-43-,47-44-,56-52-,57-53-,58-54-,68-64-,69-65-,70-66-/t85-,86+,87+/m0/s1. The number of aliphatic hydroxyl groups is 1. The molecule has 0 aliphatic rings. The van der Waals surface area contributed by atoms with Gasteiger partial charge in [0.05, 0.1) is 26.4 Å². The molecule has 110 heavy (non-hydrogen) atoms. The molecule has 0 radical (unpaired) electrons. The molecule has 0 fully saturated rings. The highest BCUT2D eigenvalue weighted by Crippen LogP contribution is 2.45. The molecule has 5 atom stereocenters. The van der Waals surface area contributed by atoms with Crippen LogP contribution in [-0.2, 0) is 65.4 Å². The lowest BCUT2D eigenvalue weighted by Crippen LogP contribution is -2.30. The van der Waals surface area contributed by atoms with E-state index in [9.17, 15) is 43.2 Å². The van der Waals surface area contributed by atoms with E-state index in [4.69, 9.17) is 37.0 Å². The summed E-state index contributed by atoms with van der Waals surface area (Å²) in [6, 6.07) is 0. The van der Waals surface area contributed by atoms with E-state index in [-0.39, 0.29) is 25.7 Å². The monoisotopic (exact) mass is 1570 g/mol. The minimum Gasteiger partial charge on any atom is -0.462 e. The van der Waals surface area contributed by atoms with Gasteiger partial charge in [0.15, 0.2) is 12.2 Å². The molecular weight excluding hydrogens is 1430 g/mol. The molecule has 0 aliphatic heterocycles. The second-order valence-corrected chi connectivity index (χ2v) is 29.5. The predicted octanol–water partition coefficient (Wildman–Crippen LogP) is 24.7. The highest BCUT2D eigenvalue weighted by molar-refractivity contribution is 7.47. The highest BCUT2D eigenvalue weighted by Gasteiger charge is 2.30. The number of allylic oxidation sites excluding steroid dienone is 34. The largest absolute Gasteiger partial charge is 0.472 e. The first-order chi connectivity index (χ1) is 53.7. The zero-order chi connectivity index (χ0) is 80.3. The lowest BCUT2D eigenvalue weighted by Gasteiger charge is -2.21. The first kappa shape index (κ1) is 104. The molecule has 0 saturated carbocycles. The second-order valence-electron chi connectivity index (χ2n) is 26.6. The van der Waals surface area contributed by atoms with Gasteiger partial charge in [-0.2, -0.15) is 0 Å². The molecule has 17 nitrogen and oxygen atoms in total. The molecule has 0 heterocycles. The van der Waals surface area contributed by atoms with Crippen molar-refractivity contribution in [2.24, 2.45) is 0 Å². The number of esters is 4. The van der Waals surface area contributed by atoms with Crippen LogP contribution in [0.25, 0.3) is 0 Å². The van der Waals surface area contributed by atoms with Gasteiger partial charge in [-0.3, -0.25) is 37.3 Å². The zero-order valence-corrected chi connectivity index (χ0v) is 69.6. The fourth-order valence-electron chi connectivity index (χ4n) is 9.97. The van der Waals surface area contributed by atoms with Crippen LogP contribution in [-0.4, -0.2) is 96.7 Å². The van der Waals surface area contributed by atoms with Crippen LogP contribution in [0.1, 0.15) is 285 Å². The Morgan fingerprint density at radius 1 is 0.264 bits per heavy atom. The molecule has 0 amide bonds. The number of unbranched alkanes of at least 4 members (excludes halogenated alkanes) is 15. The van der Waals surface area contributed by atoms with Crippen molar-refractivity contribution in [1.82, 2.24) is 0 Å². The Labute approximate surface area is 665 Å². The molecule has 0 aromatic carbocycles. The number of phosphoric ester groups is 2. The molecule has 0 aromatic rings. The average molecular weight is 1570 g/mol. The summed E-state index contributed by atoms with van der Waals surface area (Å²) in [4.78, 5) is 73.0. The Morgan fingerprint density at radius 2 is 0.491 bits per heavy atom. The Hall–Kier alpha value is -6.36. The second kappa shape index (κ2) is 80.7. The number of carbonyl (C=O) groups excluding carboxylic acids is 4. The fraction of sp³-hybridized carbons (Fsp3) is 0.582. The smallest absolute Gasteiger partial charge is 0.462 e. The Bertz CT molecular complexity index is 2900. The van der Waals surface area contributed by atoms with Crippen LogP contribution in [0.15, 0.2) is 207 Å². The SMILES string of the molecule is CC/C=C\C/C=C\C/C=C\C/C=C\C/C=C\C/C=C\CCC(=O)OC[C@H](COP(=O)(O)OC[C@@H](O)COP(=O)(O)OC[C@@H](COC(=O)CCCCCCC/C=C\CCCCCC)OC(=O)CC/C=C\C/C=C\C/C=C\C/C=C\C/C=C\CCCCC)OC(=O)CC/C=C\C/C=C\C/C=C\C/C=C\C/C=C\CCCCC. The maximum atomic E-state index is 13.1. The van der Waals surface area contributed by atoms with E-state index in [1.165, 1.54) is 64.2 Å². The predicted molar refractivity (Wildman–Crippen MR) is 454 cm³/mol. The lowest BCUT2D eigenvalue weighted by molar-refractivity contribution is -0.161. The summed E-state index contributed by atoms with van der Waals surface area (Å²) in [6.07, 6.45) is 101. The third kappa shape index (κ3) is 79.7. The van der Waals surface area contributed by atoms with E-state index in [1.54, 1.807) is 0 Å². The summed E-state index contributed by atoms with van der Waals surface area (Å²) in [5.41, 5.74) is 0. The Kier molecular flexibility index (Phi) is 76.0. The van der Waals surface area contributed by atoms with Crippen molar-refractivity contribution in [3.05, 3.63) is 207 Å². The minimum absolute atomic E-state index is 0.0101. The highest BCUT2D eigenvalue weighted by atomic mass is 31.2. The number of ether oxygens (including phenoxy) is 4. The maximum absolute atomic E-state index is 13.1. The Morgan fingerprint density at radius 3 is 0.809 bits per heavy atom. The summed E-state index contributed by atoms with van der Waals surface area (Å²) < 4.78 is 68.4. The Balaban J connectivity index is 5.60. The van der Waals surface area contributed by atoms with Crippen molar-refractivity contribution in [3.63, 3.8) is 0 Å². The van der Waals surface area contributed by atoms with E-state index in [0.717, 1.165) is 122 Å². The molecule has 0 aliphatic carbocycles. The van der Waals surface area contributed by atoms with E-state index in [0.29, 0.717) is 44.9 Å². The average Bonchev–Trinajstić information content (AvgIpc) is 0.906. The molecule has 0 rings (SSSR count). The minimum atomic E-state index is -5.03. The molecule has 3 N–H and O–H groups in total. The number of hydrogen-bond donors (Lipinski definition) is 3. The van der Waals surface area contributed by atoms with Gasteiger partial charge >= 0.3 is 39.5 Å². The first-order valence-corrected chi connectivity index (χ1v) is 44.3. The van der Waals surface area contributed by atoms with Gasteiger partial charge in [-0.1, -0.05) is 298 Å². The van der Waals surface area contributed by atoms with Crippen LogP contribution in [0.2, 0.25) is 0 Å². The molecule has 620 valence electrons. The van der Waals surface area contributed by atoms with Crippen LogP contribution in [0.5, 0.6) is 0 Å². The van der Waals surface area contributed by atoms with Gasteiger partial charge in [0, 0.05) is 25.7 Å². The number of aliphatic hydroxyl groups excluding tert-OH is 1. The van der Waals surface area contributed by atoms with Crippen molar-refractivity contribution in [1.29, 1.82) is 0 Å². The number of rotatable bonds is 75. The normalized spacial score (nSPS) is 14.9. The first-order valence-electron chi connectivity index (χ1n) is 41.3. The van der Waals surface area contributed by atoms with Gasteiger partial charge in [0.1, 0.15) is 19.3 Å². The molecule has 0 spiro atoms. The van der Waals surface area contributed by atoms with Crippen LogP contribution in [0, 0.1) is 0 Å². The zero-order valence-electron chi connectivity index (χ0n) is 67.8. The molecular formula is C91H144O17P2. The summed E-state index contributed by atoms with van der Waals surface area (Å²) in [6.45, 7) is 4.39. The van der Waals surface area contributed by atoms with Crippen molar-refractivity contribution in [3.8, 4) is 0 Å². The van der Waals surface area contributed by atoms with Gasteiger partial charge in [-0.25, -0.2) is 9.13 Å². The van der Waals surface area contributed by atoms with Gasteiger partial charge in [0.25, 0.3) is 0 Å². The summed E-state index contributed by atoms with van der Waals surface area (Å²) >= 11 is 0. The number of phosphoric acid groups is 2. The molecule has 19 heteroatoms. The van der Waals surface area contributed by atoms with Crippen LogP contribution in [0.4, 0.5) is 0 Å². The third-order valence-corrected chi connectivity index (χ3v) is 18.1. The molecule has 0 aromatic heterocycles. The lowest BCUT2D eigenvalue weighted by atomic mass is 10.1. The molecule has 2 unspecified atom stereocenters. The number of carbonyl (C=O) groups is 4. The van der Waals surface area contributed by atoms with Gasteiger partial charge in [-0.15, -0.1) is 0 Å². The van der Waals surface area contributed by atoms with Crippen molar-refractivity contribution in [2.45, 2.75) is 303 Å². The van der Waals surface area contributed by atoms with Crippen LogP contribution >= 0.6 is 15.6 Å². The molecule has 0 saturated heterocycles. The topological polar surface area (TPSA) is 237 Å². The number of hydrogen-bond acceptors (Lipinski definition) is 15.